The molecule has 4 heteroatoms. The molecule has 0 fully saturated rings. The van der Waals surface area contributed by atoms with Gasteiger partial charge in [-0.25, -0.2) is 5.43 Å². The molecule has 0 aliphatic rings. The topological polar surface area (TPSA) is 50.7 Å². The predicted octanol–water partition coefficient (Wildman–Crippen LogP) is 4.15. The van der Waals surface area contributed by atoms with Crippen molar-refractivity contribution in [2.45, 2.75) is 47.6 Å². The lowest BCUT2D eigenvalue weighted by molar-refractivity contribution is -0.127. The highest BCUT2D eigenvalue weighted by atomic mass is 16.5. The van der Waals surface area contributed by atoms with Crippen molar-refractivity contribution >= 4 is 12.1 Å². The first-order valence-corrected chi connectivity index (χ1v) is 8.42. The summed E-state index contributed by atoms with van der Waals surface area (Å²) >= 11 is 0. The molecule has 0 bridgehead atoms. The first-order chi connectivity index (χ1) is 11.8. The van der Waals surface area contributed by atoms with Crippen LogP contribution in [0.3, 0.4) is 0 Å². The fraction of sp³-hybridized carbons (Fsp3) is 0.333. The minimum atomic E-state index is -0.625. The molecule has 132 valence electrons. The fourth-order valence-corrected chi connectivity index (χ4v) is 2.69. The Morgan fingerprint density at radius 1 is 1.00 bits per heavy atom. The third-order valence-corrected chi connectivity index (χ3v) is 4.27. The van der Waals surface area contributed by atoms with Gasteiger partial charge in [0.2, 0.25) is 0 Å². The van der Waals surface area contributed by atoms with Gasteiger partial charge in [0.1, 0.15) is 5.75 Å². The first-order valence-electron chi connectivity index (χ1n) is 8.42. The van der Waals surface area contributed by atoms with E-state index in [-0.39, 0.29) is 5.91 Å². The summed E-state index contributed by atoms with van der Waals surface area (Å²) in [6, 6.07) is 9.98. The van der Waals surface area contributed by atoms with Crippen LogP contribution in [0.4, 0.5) is 0 Å². The Bertz CT molecular complexity index is 787. The van der Waals surface area contributed by atoms with Gasteiger partial charge in [0.05, 0.1) is 6.21 Å². The van der Waals surface area contributed by atoms with Crippen molar-refractivity contribution in [2.75, 3.05) is 0 Å². The third kappa shape index (κ3) is 4.92. The van der Waals surface area contributed by atoms with Gasteiger partial charge in [-0.05, 0) is 75.9 Å². The smallest absolute Gasteiger partial charge is 0.280 e. The van der Waals surface area contributed by atoms with Crippen LogP contribution < -0.4 is 10.2 Å². The van der Waals surface area contributed by atoms with E-state index >= 15 is 0 Å². The molecule has 2 aromatic carbocycles. The van der Waals surface area contributed by atoms with Crippen LogP contribution in [-0.2, 0) is 4.79 Å². The van der Waals surface area contributed by atoms with E-state index in [0.29, 0.717) is 5.75 Å². The van der Waals surface area contributed by atoms with Crippen LogP contribution in [0.15, 0.2) is 35.4 Å². The number of ether oxygens (including phenoxy) is 1. The molecule has 1 unspecified atom stereocenters. The van der Waals surface area contributed by atoms with Crippen molar-refractivity contribution in [3.8, 4) is 5.75 Å². The molecular formula is C21H26N2O2. The minimum absolute atomic E-state index is 0.281. The van der Waals surface area contributed by atoms with Crippen molar-refractivity contribution in [3.63, 3.8) is 0 Å². The molecule has 1 N–H and O–H groups in total. The lowest BCUT2D eigenvalue weighted by Crippen LogP contribution is -2.33. The Labute approximate surface area is 149 Å². The van der Waals surface area contributed by atoms with Gasteiger partial charge < -0.3 is 4.74 Å². The maximum atomic E-state index is 12.2. The quantitative estimate of drug-likeness (QED) is 0.658. The number of aryl methyl sites for hydroxylation is 5. The summed E-state index contributed by atoms with van der Waals surface area (Å²) < 4.78 is 5.69. The van der Waals surface area contributed by atoms with Crippen molar-refractivity contribution < 1.29 is 9.53 Å². The van der Waals surface area contributed by atoms with Gasteiger partial charge in [0.15, 0.2) is 6.10 Å². The van der Waals surface area contributed by atoms with Gasteiger partial charge in [0, 0.05) is 5.56 Å². The monoisotopic (exact) mass is 338 g/mol. The first kappa shape index (κ1) is 18.7. The number of amides is 1. The number of hydrogen-bond acceptors (Lipinski definition) is 3. The Morgan fingerprint density at radius 2 is 1.64 bits per heavy atom. The lowest BCUT2D eigenvalue weighted by Gasteiger charge is -2.14. The molecule has 0 aliphatic heterocycles. The highest BCUT2D eigenvalue weighted by Crippen LogP contribution is 2.18. The average Bonchev–Trinajstić information content (AvgIpc) is 2.53. The summed E-state index contributed by atoms with van der Waals surface area (Å²) in [6.07, 6.45) is 1.06. The fourth-order valence-electron chi connectivity index (χ4n) is 2.69. The van der Waals surface area contributed by atoms with E-state index < -0.39 is 6.10 Å². The Kier molecular flexibility index (Phi) is 5.97. The van der Waals surface area contributed by atoms with Gasteiger partial charge in [0.25, 0.3) is 5.91 Å². The molecule has 0 aromatic heterocycles. The van der Waals surface area contributed by atoms with Gasteiger partial charge in [-0.2, -0.15) is 5.10 Å². The number of hydrogen-bond donors (Lipinski definition) is 1. The zero-order valence-electron chi connectivity index (χ0n) is 15.8. The highest BCUT2D eigenvalue weighted by Gasteiger charge is 2.14. The van der Waals surface area contributed by atoms with E-state index in [4.69, 9.17) is 4.74 Å². The summed E-state index contributed by atoms with van der Waals surface area (Å²) in [6.45, 7) is 11.9. The SMILES string of the molecule is Cc1cc(C)c(/C=N/NC(=O)C(C)Oc2ccc(C)c(C)c2)c(C)c1. The predicted molar refractivity (Wildman–Crippen MR) is 102 cm³/mol. The van der Waals surface area contributed by atoms with E-state index in [2.05, 4.69) is 29.6 Å². The molecule has 1 atom stereocenters. The summed E-state index contributed by atoms with van der Waals surface area (Å²) in [4.78, 5) is 12.2. The molecular weight excluding hydrogens is 312 g/mol. The number of carbonyl (C=O) groups excluding carboxylic acids is 1. The third-order valence-electron chi connectivity index (χ3n) is 4.27. The standard InChI is InChI=1S/C21H26N2O2/c1-13-9-16(4)20(17(5)10-13)12-22-23-21(24)18(6)25-19-8-7-14(2)15(3)11-19/h7-12,18H,1-6H3,(H,23,24)/b22-12+. The second kappa shape index (κ2) is 7.97. The van der Waals surface area contributed by atoms with Crippen molar-refractivity contribution in [3.05, 3.63) is 63.7 Å². The van der Waals surface area contributed by atoms with Gasteiger partial charge in [-0.1, -0.05) is 23.8 Å². The highest BCUT2D eigenvalue weighted by molar-refractivity contribution is 5.86. The van der Waals surface area contributed by atoms with Crippen molar-refractivity contribution in [1.82, 2.24) is 5.43 Å². The Hall–Kier alpha value is -2.62. The van der Waals surface area contributed by atoms with E-state index in [9.17, 15) is 4.79 Å². The zero-order valence-corrected chi connectivity index (χ0v) is 15.8. The zero-order chi connectivity index (χ0) is 18.6. The minimum Gasteiger partial charge on any atom is -0.481 e. The van der Waals surface area contributed by atoms with E-state index in [0.717, 1.165) is 22.3 Å². The molecule has 4 nitrogen and oxygen atoms in total. The molecule has 0 aliphatic carbocycles. The van der Waals surface area contributed by atoms with Gasteiger partial charge in [-0.15, -0.1) is 0 Å². The molecule has 0 radical (unpaired) electrons. The second-order valence-electron chi connectivity index (χ2n) is 6.55. The molecule has 0 saturated carbocycles. The maximum Gasteiger partial charge on any atom is 0.280 e. The Balaban J connectivity index is 1.98. The van der Waals surface area contributed by atoms with E-state index in [1.807, 2.05) is 45.9 Å². The van der Waals surface area contributed by atoms with E-state index in [1.165, 1.54) is 11.1 Å². The van der Waals surface area contributed by atoms with Gasteiger partial charge >= 0.3 is 0 Å². The summed E-state index contributed by atoms with van der Waals surface area (Å²) in [5.41, 5.74) is 9.38. The molecule has 0 saturated heterocycles. The summed E-state index contributed by atoms with van der Waals surface area (Å²) in [7, 11) is 0. The number of nitrogens with zero attached hydrogens (tertiary/aromatic N) is 1. The van der Waals surface area contributed by atoms with Crippen LogP contribution in [0.5, 0.6) is 5.75 Å². The lowest BCUT2D eigenvalue weighted by atomic mass is 10.0. The molecule has 0 heterocycles. The van der Waals surface area contributed by atoms with Gasteiger partial charge in [-0.3, -0.25) is 4.79 Å². The number of hydrazone groups is 1. The Morgan fingerprint density at radius 3 is 2.24 bits per heavy atom. The molecule has 1 amide bonds. The maximum absolute atomic E-state index is 12.2. The number of benzene rings is 2. The van der Waals surface area contributed by atoms with Crippen molar-refractivity contribution in [1.29, 1.82) is 0 Å². The number of rotatable bonds is 5. The van der Waals surface area contributed by atoms with Crippen LogP contribution in [0.2, 0.25) is 0 Å². The second-order valence-corrected chi connectivity index (χ2v) is 6.55. The number of carbonyl (C=O) groups is 1. The molecule has 2 rings (SSSR count). The van der Waals surface area contributed by atoms with Crippen LogP contribution >= 0.6 is 0 Å². The van der Waals surface area contributed by atoms with Crippen LogP contribution in [-0.4, -0.2) is 18.2 Å². The van der Waals surface area contributed by atoms with Crippen molar-refractivity contribution in [2.24, 2.45) is 5.10 Å². The molecule has 2 aromatic rings. The summed E-state index contributed by atoms with van der Waals surface area (Å²) in [5, 5.41) is 4.08. The van der Waals surface area contributed by atoms with Crippen LogP contribution in [0, 0.1) is 34.6 Å². The summed E-state index contributed by atoms with van der Waals surface area (Å²) in [5.74, 6) is 0.400. The average molecular weight is 338 g/mol. The molecule has 25 heavy (non-hydrogen) atoms. The van der Waals surface area contributed by atoms with Crippen LogP contribution in [0.1, 0.15) is 40.3 Å². The van der Waals surface area contributed by atoms with Crippen LogP contribution in [0.25, 0.3) is 0 Å². The number of nitrogens with one attached hydrogen (secondary N) is 1. The van der Waals surface area contributed by atoms with E-state index in [1.54, 1.807) is 13.1 Å². The normalized spacial score (nSPS) is 12.2. The molecule has 0 spiro atoms. The largest absolute Gasteiger partial charge is 0.481 e.